The molecule has 3 aliphatic heterocycles. The monoisotopic (exact) mass is 542 g/mol. The lowest BCUT2D eigenvalue weighted by Crippen LogP contribution is -2.45. The molecule has 3 aromatic rings. The Kier molecular flexibility index (Phi) is 6.91. The molecule has 0 aliphatic carbocycles. The van der Waals surface area contributed by atoms with Crippen molar-refractivity contribution in [1.82, 2.24) is 9.80 Å². The van der Waals surface area contributed by atoms with Crippen molar-refractivity contribution in [3.8, 4) is 23.0 Å². The second-order valence-electron chi connectivity index (χ2n) is 10.2. The van der Waals surface area contributed by atoms with Crippen LogP contribution in [0.25, 0.3) is 6.08 Å². The number of nitrogens with zero attached hydrogens (tertiary/aromatic N) is 2. The minimum absolute atomic E-state index is 0.121. The van der Waals surface area contributed by atoms with E-state index in [0.29, 0.717) is 40.1 Å². The van der Waals surface area contributed by atoms with Gasteiger partial charge >= 0.3 is 5.97 Å². The summed E-state index contributed by atoms with van der Waals surface area (Å²) in [7, 11) is 1.33. The number of esters is 1. The fraction of sp³-hybridized carbons (Fsp3) is 0.290. The van der Waals surface area contributed by atoms with Gasteiger partial charge in [-0.3, -0.25) is 14.6 Å². The van der Waals surface area contributed by atoms with E-state index in [1.165, 1.54) is 12.7 Å². The number of hydrogen-bond donors (Lipinski definition) is 1. The highest BCUT2D eigenvalue weighted by molar-refractivity contribution is 6.15. The molecule has 206 valence electrons. The maximum absolute atomic E-state index is 13.3. The predicted molar refractivity (Wildman–Crippen MR) is 147 cm³/mol. The first-order chi connectivity index (χ1) is 19.4. The first-order valence-electron chi connectivity index (χ1n) is 13.2. The number of aryl methyl sites for hydroxylation is 1. The molecule has 0 saturated carbocycles. The van der Waals surface area contributed by atoms with Crippen molar-refractivity contribution in [2.45, 2.75) is 20.0 Å². The molecule has 0 amide bonds. The van der Waals surface area contributed by atoms with Crippen molar-refractivity contribution in [2.24, 2.45) is 0 Å². The third kappa shape index (κ3) is 5.01. The van der Waals surface area contributed by atoms with Gasteiger partial charge in [0.05, 0.1) is 23.8 Å². The number of aromatic hydroxyl groups is 1. The van der Waals surface area contributed by atoms with Crippen LogP contribution in [-0.4, -0.2) is 66.7 Å². The van der Waals surface area contributed by atoms with E-state index in [1.807, 2.05) is 12.1 Å². The number of Topliss-reactive ketones (excluding diaryl/α,β-unsaturated/α-hetero) is 1. The third-order valence-corrected chi connectivity index (χ3v) is 7.54. The van der Waals surface area contributed by atoms with E-state index < -0.39 is 5.97 Å². The normalized spacial score (nSPS) is 17.6. The van der Waals surface area contributed by atoms with E-state index in [-0.39, 0.29) is 24.1 Å². The molecule has 3 aromatic carbocycles. The quantitative estimate of drug-likeness (QED) is 0.364. The average Bonchev–Trinajstić information content (AvgIpc) is 3.56. The zero-order valence-electron chi connectivity index (χ0n) is 22.4. The first-order valence-corrected chi connectivity index (χ1v) is 13.2. The molecule has 40 heavy (non-hydrogen) atoms. The summed E-state index contributed by atoms with van der Waals surface area (Å²) in [5, 5.41) is 10.9. The maximum atomic E-state index is 13.3. The van der Waals surface area contributed by atoms with Crippen LogP contribution in [0.3, 0.4) is 0 Å². The zero-order chi connectivity index (χ0) is 27.8. The number of phenolic OH excluding ortho intramolecular Hbond substituents is 1. The van der Waals surface area contributed by atoms with Gasteiger partial charge in [-0.25, -0.2) is 4.79 Å². The van der Waals surface area contributed by atoms with Gasteiger partial charge < -0.3 is 24.1 Å². The molecular weight excluding hydrogens is 512 g/mol. The van der Waals surface area contributed by atoms with Crippen molar-refractivity contribution in [3.63, 3.8) is 0 Å². The Bertz CT molecular complexity index is 1510. The number of piperazine rings is 1. The van der Waals surface area contributed by atoms with Crippen LogP contribution < -0.4 is 14.2 Å². The Morgan fingerprint density at radius 2 is 1.68 bits per heavy atom. The minimum atomic E-state index is -0.427. The lowest BCUT2D eigenvalue weighted by Gasteiger charge is -2.35. The lowest BCUT2D eigenvalue weighted by atomic mass is 9.99. The summed E-state index contributed by atoms with van der Waals surface area (Å²) >= 11 is 0. The van der Waals surface area contributed by atoms with Crippen LogP contribution in [0.5, 0.6) is 23.0 Å². The SMILES string of the molecule is COC(=O)c1ccc(/C=C2\Oc3c(CN4CCN(Cc5ccc6c(c5)OCO6)CC4)c(O)cc(C)c3C2=O)cc1. The number of rotatable bonds is 6. The van der Waals surface area contributed by atoms with Crippen LogP contribution in [0, 0.1) is 6.92 Å². The van der Waals surface area contributed by atoms with E-state index in [2.05, 4.69) is 15.9 Å². The number of allylic oxidation sites excluding steroid dienone is 1. The molecule has 3 aliphatic rings. The number of phenols is 1. The molecule has 0 atom stereocenters. The molecule has 6 rings (SSSR count). The van der Waals surface area contributed by atoms with Crippen molar-refractivity contribution < 1.29 is 33.6 Å². The summed E-state index contributed by atoms with van der Waals surface area (Å²) in [6.45, 7) is 6.73. The summed E-state index contributed by atoms with van der Waals surface area (Å²) in [5.41, 5.74) is 4.07. The molecule has 0 aromatic heterocycles. The number of hydrogen-bond acceptors (Lipinski definition) is 9. The summed E-state index contributed by atoms with van der Waals surface area (Å²) < 4.78 is 21.8. The van der Waals surface area contributed by atoms with Gasteiger partial charge in [0.25, 0.3) is 0 Å². The predicted octanol–water partition coefficient (Wildman–Crippen LogP) is 4.15. The van der Waals surface area contributed by atoms with Crippen LogP contribution >= 0.6 is 0 Å². The number of fused-ring (bicyclic) bond motifs is 2. The van der Waals surface area contributed by atoms with E-state index in [9.17, 15) is 14.7 Å². The number of benzene rings is 3. The molecule has 1 N–H and O–H groups in total. The average molecular weight is 543 g/mol. The van der Waals surface area contributed by atoms with Gasteiger partial charge in [0.15, 0.2) is 17.3 Å². The van der Waals surface area contributed by atoms with Crippen molar-refractivity contribution >= 4 is 17.8 Å². The second kappa shape index (κ2) is 10.7. The smallest absolute Gasteiger partial charge is 0.337 e. The number of ether oxygens (including phenoxy) is 4. The number of ketones is 1. The summed E-state index contributed by atoms with van der Waals surface area (Å²) in [4.78, 5) is 29.7. The van der Waals surface area contributed by atoms with Gasteiger partial charge in [0.1, 0.15) is 11.5 Å². The second-order valence-corrected chi connectivity index (χ2v) is 10.2. The van der Waals surface area contributed by atoms with Crippen LogP contribution in [0.15, 0.2) is 54.3 Å². The molecular formula is C31H30N2O7. The van der Waals surface area contributed by atoms with Crippen LogP contribution in [0.1, 0.15) is 43.0 Å². The number of methoxy groups -OCH3 is 1. The molecule has 1 fully saturated rings. The van der Waals surface area contributed by atoms with Crippen molar-refractivity contribution in [3.05, 3.63) is 87.7 Å². The first kappa shape index (κ1) is 25.9. The van der Waals surface area contributed by atoms with Gasteiger partial charge in [0, 0.05) is 39.3 Å². The standard InChI is InChI=1S/C31H30N2O7/c1-19-13-24(34)23(17-33-11-9-32(10-12-33)16-21-5-8-25-26(15-21)39-18-38-25)30-28(19)29(35)27(40-30)14-20-3-6-22(7-4-20)31(36)37-2/h3-8,13-15,34H,9-12,16-18H2,1-2H3/b27-14-. The van der Waals surface area contributed by atoms with Crippen LogP contribution in [0.4, 0.5) is 0 Å². The summed E-state index contributed by atoms with van der Waals surface area (Å²) in [6, 6.07) is 14.4. The highest BCUT2D eigenvalue weighted by atomic mass is 16.7. The number of carbonyl (C=O) groups is 2. The highest BCUT2D eigenvalue weighted by Crippen LogP contribution is 2.42. The third-order valence-electron chi connectivity index (χ3n) is 7.54. The Hall–Kier alpha value is -4.34. The fourth-order valence-corrected chi connectivity index (χ4v) is 5.34. The Balaban J connectivity index is 1.14. The molecule has 3 heterocycles. The topological polar surface area (TPSA) is 97.8 Å². The molecule has 9 nitrogen and oxygen atoms in total. The van der Waals surface area contributed by atoms with E-state index in [1.54, 1.807) is 43.3 Å². The van der Waals surface area contributed by atoms with E-state index in [0.717, 1.165) is 44.2 Å². The number of carbonyl (C=O) groups excluding carboxylic acids is 2. The maximum Gasteiger partial charge on any atom is 0.337 e. The molecule has 9 heteroatoms. The van der Waals surface area contributed by atoms with Gasteiger partial charge in [-0.2, -0.15) is 0 Å². The van der Waals surface area contributed by atoms with E-state index >= 15 is 0 Å². The van der Waals surface area contributed by atoms with Gasteiger partial charge in [-0.1, -0.05) is 18.2 Å². The molecule has 1 saturated heterocycles. The molecule has 0 bridgehead atoms. The Labute approximate surface area is 232 Å². The summed E-state index contributed by atoms with van der Waals surface area (Å²) in [6.07, 6.45) is 1.65. The van der Waals surface area contributed by atoms with Crippen LogP contribution in [-0.2, 0) is 17.8 Å². The molecule has 0 spiro atoms. The largest absolute Gasteiger partial charge is 0.507 e. The van der Waals surface area contributed by atoms with Gasteiger partial charge in [0.2, 0.25) is 12.6 Å². The van der Waals surface area contributed by atoms with Crippen molar-refractivity contribution in [1.29, 1.82) is 0 Å². The highest BCUT2D eigenvalue weighted by Gasteiger charge is 2.34. The van der Waals surface area contributed by atoms with Gasteiger partial charge in [-0.15, -0.1) is 0 Å². The minimum Gasteiger partial charge on any atom is -0.507 e. The Morgan fingerprint density at radius 3 is 2.40 bits per heavy atom. The van der Waals surface area contributed by atoms with Crippen LogP contribution in [0.2, 0.25) is 0 Å². The van der Waals surface area contributed by atoms with E-state index in [4.69, 9.17) is 18.9 Å². The molecule has 0 unspecified atom stereocenters. The molecule has 0 radical (unpaired) electrons. The zero-order valence-corrected chi connectivity index (χ0v) is 22.4. The van der Waals surface area contributed by atoms with Crippen molar-refractivity contribution in [2.75, 3.05) is 40.1 Å². The fourth-order valence-electron chi connectivity index (χ4n) is 5.34. The van der Waals surface area contributed by atoms with Gasteiger partial charge in [-0.05, 0) is 60.0 Å². The Morgan fingerprint density at radius 1 is 0.975 bits per heavy atom. The summed E-state index contributed by atoms with van der Waals surface area (Å²) in [5.74, 6) is 1.65. The lowest BCUT2D eigenvalue weighted by molar-refractivity contribution is 0.0600.